The molecule has 0 aliphatic carbocycles. The fourth-order valence-electron chi connectivity index (χ4n) is 2.02. The average Bonchev–Trinajstić information content (AvgIpc) is 2.49. The van der Waals surface area contributed by atoms with Crippen LogP contribution in [0.1, 0.15) is 11.1 Å². The predicted molar refractivity (Wildman–Crippen MR) is 82.6 cm³/mol. The molecule has 0 saturated carbocycles. The average molecular weight is 305 g/mol. The summed E-state index contributed by atoms with van der Waals surface area (Å²) in [6.07, 6.45) is 1.18. The van der Waals surface area contributed by atoms with Crippen LogP contribution in [0.15, 0.2) is 59.5 Å². The molecule has 2 aromatic carbocycles. The Morgan fingerprint density at radius 1 is 0.857 bits per heavy atom. The van der Waals surface area contributed by atoms with Crippen LogP contribution in [0.25, 0.3) is 0 Å². The maximum absolute atomic E-state index is 12.1. The van der Waals surface area contributed by atoms with Gasteiger partial charge in [0.25, 0.3) is 0 Å². The molecule has 0 unspecified atom stereocenters. The van der Waals surface area contributed by atoms with E-state index in [0.717, 1.165) is 11.1 Å². The van der Waals surface area contributed by atoms with Crippen molar-refractivity contribution < 1.29 is 13.5 Å². The third-order valence-electron chi connectivity index (χ3n) is 3.18. The summed E-state index contributed by atoms with van der Waals surface area (Å²) in [7, 11) is -3.47. The molecule has 21 heavy (non-hydrogen) atoms. The van der Waals surface area contributed by atoms with Crippen molar-refractivity contribution in [2.45, 2.75) is 17.7 Å². The number of sulfonamides is 1. The lowest BCUT2D eigenvalue weighted by molar-refractivity contribution is 0.299. The molecule has 0 fully saturated rings. The molecule has 0 aliphatic rings. The molecule has 0 heterocycles. The summed E-state index contributed by atoms with van der Waals surface area (Å²) in [6.45, 7) is 0.423. The van der Waals surface area contributed by atoms with Gasteiger partial charge in [-0.2, -0.15) is 0 Å². The molecule has 5 heteroatoms. The zero-order valence-corrected chi connectivity index (χ0v) is 12.5. The van der Waals surface area contributed by atoms with Gasteiger partial charge in [-0.1, -0.05) is 42.5 Å². The number of aliphatic hydroxyl groups is 1. The first-order valence-electron chi connectivity index (χ1n) is 6.85. The van der Waals surface area contributed by atoms with Crippen molar-refractivity contribution in [3.63, 3.8) is 0 Å². The second-order valence-corrected chi connectivity index (χ2v) is 6.52. The molecule has 0 radical (unpaired) electrons. The van der Waals surface area contributed by atoms with E-state index in [2.05, 4.69) is 4.72 Å². The lowest BCUT2D eigenvalue weighted by atomic mass is 10.2. The topological polar surface area (TPSA) is 66.4 Å². The monoisotopic (exact) mass is 305 g/mol. The Morgan fingerprint density at radius 2 is 1.48 bits per heavy atom. The van der Waals surface area contributed by atoms with E-state index in [1.807, 2.05) is 30.3 Å². The van der Waals surface area contributed by atoms with Crippen LogP contribution in [0, 0.1) is 0 Å². The molecular formula is C16H19NO3S. The molecular weight excluding hydrogens is 286 g/mol. The number of aliphatic hydroxyl groups excluding tert-OH is 1. The van der Waals surface area contributed by atoms with E-state index >= 15 is 0 Å². The SMILES string of the molecule is O=S(=O)(NCCc1ccccc1)c1ccc(CCO)cc1. The lowest BCUT2D eigenvalue weighted by Gasteiger charge is -2.07. The maximum Gasteiger partial charge on any atom is 0.240 e. The van der Waals surface area contributed by atoms with Gasteiger partial charge < -0.3 is 5.11 Å². The van der Waals surface area contributed by atoms with E-state index in [1.165, 1.54) is 0 Å². The van der Waals surface area contributed by atoms with Gasteiger partial charge in [0.2, 0.25) is 10.0 Å². The van der Waals surface area contributed by atoms with Gasteiger partial charge in [0.1, 0.15) is 0 Å². The Hall–Kier alpha value is -1.69. The first kappa shape index (κ1) is 15.7. The molecule has 0 saturated heterocycles. The van der Waals surface area contributed by atoms with Gasteiger partial charge in [-0.3, -0.25) is 0 Å². The first-order valence-corrected chi connectivity index (χ1v) is 8.33. The molecule has 112 valence electrons. The van der Waals surface area contributed by atoms with Crippen LogP contribution >= 0.6 is 0 Å². The lowest BCUT2D eigenvalue weighted by Crippen LogP contribution is -2.26. The first-order chi connectivity index (χ1) is 10.1. The summed E-state index contributed by atoms with van der Waals surface area (Å²) in [6, 6.07) is 16.3. The Morgan fingerprint density at radius 3 is 2.10 bits per heavy atom. The van der Waals surface area contributed by atoms with Crippen LogP contribution in [0.2, 0.25) is 0 Å². The molecule has 2 rings (SSSR count). The van der Waals surface area contributed by atoms with E-state index in [9.17, 15) is 8.42 Å². The van der Waals surface area contributed by atoms with Crippen molar-refractivity contribution in [1.29, 1.82) is 0 Å². The second kappa shape index (κ2) is 7.36. The van der Waals surface area contributed by atoms with Gasteiger partial charge in [-0.05, 0) is 36.1 Å². The van der Waals surface area contributed by atoms with E-state index in [1.54, 1.807) is 24.3 Å². The fourth-order valence-corrected chi connectivity index (χ4v) is 3.05. The Kier molecular flexibility index (Phi) is 5.50. The van der Waals surface area contributed by atoms with Gasteiger partial charge in [0, 0.05) is 13.2 Å². The number of benzene rings is 2. The second-order valence-electron chi connectivity index (χ2n) is 4.75. The molecule has 0 spiro atoms. The zero-order chi connectivity index (χ0) is 15.1. The summed E-state index contributed by atoms with van der Waals surface area (Å²) in [5.74, 6) is 0. The minimum atomic E-state index is -3.47. The molecule has 4 nitrogen and oxygen atoms in total. The summed E-state index contributed by atoms with van der Waals surface area (Å²) in [5.41, 5.74) is 2.01. The number of nitrogens with one attached hydrogen (secondary N) is 1. The van der Waals surface area contributed by atoms with Crippen molar-refractivity contribution >= 4 is 10.0 Å². The van der Waals surface area contributed by atoms with E-state index < -0.39 is 10.0 Å². The predicted octanol–water partition coefficient (Wildman–Crippen LogP) is 1.74. The third-order valence-corrected chi connectivity index (χ3v) is 4.66. The standard InChI is InChI=1S/C16H19NO3S/c18-13-11-15-6-8-16(9-7-15)21(19,20)17-12-10-14-4-2-1-3-5-14/h1-9,17-18H,10-13H2. The van der Waals surface area contributed by atoms with Crippen molar-refractivity contribution in [1.82, 2.24) is 4.72 Å². The quantitative estimate of drug-likeness (QED) is 0.819. The van der Waals surface area contributed by atoms with Gasteiger partial charge in [0.05, 0.1) is 4.90 Å². The molecule has 0 bridgehead atoms. The van der Waals surface area contributed by atoms with Crippen molar-refractivity contribution in [3.8, 4) is 0 Å². The van der Waals surface area contributed by atoms with Crippen LogP contribution in [0.5, 0.6) is 0 Å². The van der Waals surface area contributed by atoms with E-state index in [-0.39, 0.29) is 11.5 Å². The Balaban J connectivity index is 1.95. The minimum Gasteiger partial charge on any atom is -0.396 e. The zero-order valence-electron chi connectivity index (χ0n) is 11.7. The van der Waals surface area contributed by atoms with Crippen LogP contribution in [-0.4, -0.2) is 26.7 Å². The minimum absolute atomic E-state index is 0.0570. The van der Waals surface area contributed by atoms with Crippen LogP contribution < -0.4 is 4.72 Å². The fraction of sp³-hybridized carbons (Fsp3) is 0.250. The molecule has 2 N–H and O–H groups in total. The Labute approximate surface area is 125 Å². The van der Waals surface area contributed by atoms with Gasteiger partial charge in [0.15, 0.2) is 0 Å². The largest absolute Gasteiger partial charge is 0.396 e. The summed E-state index contributed by atoms with van der Waals surface area (Å²) in [5, 5.41) is 8.84. The number of hydrogen-bond donors (Lipinski definition) is 2. The highest BCUT2D eigenvalue weighted by molar-refractivity contribution is 7.89. The molecule has 0 amide bonds. The molecule has 2 aromatic rings. The third kappa shape index (κ3) is 4.67. The maximum atomic E-state index is 12.1. The molecule has 0 atom stereocenters. The van der Waals surface area contributed by atoms with Gasteiger partial charge in [-0.25, -0.2) is 13.1 Å². The van der Waals surface area contributed by atoms with Crippen molar-refractivity contribution in [2.24, 2.45) is 0 Å². The molecule has 0 aromatic heterocycles. The van der Waals surface area contributed by atoms with E-state index in [0.29, 0.717) is 19.4 Å². The van der Waals surface area contributed by atoms with Gasteiger partial charge in [-0.15, -0.1) is 0 Å². The highest BCUT2D eigenvalue weighted by Crippen LogP contribution is 2.11. The molecule has 0 aliphatic heterocycles. The summed E-state index contributed by atoms with van der Waals surface area (Å²) in [4.78, 5) is 0.247. The highest BCUT2D eigenvalue weighted by Gasteiger charge is 2.12. The summed E-state index contributed by atoms with van der Waals surface area (Å²) >= 11 is 0. The number of rotatable bonds is 7. The summed E-state index contributed by atoms with van der Waals surface area (Å²) < 4.78 is 26.9. The van der Waals surface area contributed by atoms with E-state index in [4.69, 9.17) is 5.11 Å². The normalized spacial score (nSPS) is 11.5. The van der Waals surface area contributed by atoms with Crippen LogP contribution in [0.4, 0.5) is 0 Å². The van der Waals surface area contributed by atoms with Gasteiger partial charge >= 0.3 is 0 Å². The Bertz CT molecular complexity index is 652. The van der Waals surface area contributed by atoms with Crippen molar-refractivity contribution in [3.05, 3.63) is 65.7 Å². The number of hydrogen-bond acceptors (Lipinski definition) is 3. The van der Waals surface area contributed by atoms with Crippen LogP contribution in [0.3, 0.4) is 0 Å². The smallest absolute Gasteiger partial charge is 0.240 e. The van der Waals surface area contributed by atoms with Crippen molar-refractivity contribution in [2.75, 3.05) is 13.2 Å². The highest BCUT2D eigenvalue weighted by atomic mass is 32.2. The van der Waals surface area contributed by atoms with Crippen LogP contribution in [-0.2, 0) is 22.9 Å².